The summed E-state index contributed by atoms with van der Waals surface area (Å²) < 4.78 is 0. The first-order chi connectivity index (χ1) is 6.72. The topological polar surface area (TPSA) is 75.4 Å². The Balaban J connectivity index is 2.41. The van der Waals surface area contributed by atoms with Crippen molar-refractivity contribution in [2.75, 3.05) is 11.9 Å². The summed E-state index contributed by atoms with van der Waals surface area (Å²) in [7, 11) is 0. The molecule has 2 rings (SSSR count). The lowest BCUT2D eigenvalue weighted by molar-refractivity contribution is -0.383. The number of nitrogens with zero attached hydrogens (tertiary/aromatic N) is 1. The number of aliphatic hydroxyl groups excluding tert-OH is 1. The number of nitrogens with one attached hydrogen (secondary N) is 1. The minimum absolute atomic E-state index is 0.00810. The number of aliphatic hydroxyl groups is 1. The Labute approximate surface area is 80.5 Å². The third-order valence-electron chi connectivity index (χ3n) is 2.36. The molecule has 0 radical (unpaired) electrons. The van der Waals surface area contributed by atoms with Crippen LogP contribution in [0.4, 0.5) is 11.4 Å². The second-order valence-electron chi connectivity index (χ2n) is 3.30. The molecule has 0 fully saturated rings. The van der Waals surface area contributed by atoms with Crippen LogP contribution < -0.4 is 5.32 Å². The van der Waals surface area contributed by atoms with E-state index in [4.69, 9.17) is 5.11 Å². The molecule has 0 unspecified atom stereocenters. The van der Waals surface area contributed by atoms with Gasteiger partial charge in [-0.05, 0) is 12.0 Å². The number of nitro groups is 1. The molecule has 1 aromatic carbocycles. The fourth-order valence-corrected chi connectivity index (χ4v) is 1.71. The van der Waals surface area contributed by atoms with Crippen LogP contribution in [0.15, 0.2) is 18.2 Å². The van der Waals surface area contributed by atoms with Gasteiger partial charge >= 0.3 is 0 Å². The fraction of sp³-hybridized carbons (Fsp3) is 0.333. The van der Waals surface area contributed by atoms with E-state index in [0.29, 0.717) is 12.1 Å². The molecule has 1 aliphatic rings. The Hall–Kier alpha value is -1.62. The highest BCUT2D eigenvalue weighted by molar-refractivity contribution is 5.69. The molecule has 0 saturated heterocycles. The Morgan fingerprint density at radius 1 is 1.64 bits per heavy atom. The third-order valence-corrected chi connectivity index (χ3v) is 2.36. The Kier molecular flexibility index (Phi) is 2.09. The normalized spacial score (nSPS) is 18.8. The van der Waals surface area contributed by atoms with E-state index < -0.39 is 4.92 Å². The maximum Gasteiger partial charge on any atom is 0.292 e. The second-order valence-corrected chi connectivity index (χ2v) is 3.30. The van der Waals surface area contributed by atoms with E-state index in [0.717, 1.165) is 5.56 Å². The molecule has 1 heterocycles. The molecule has 0 bridgehead atoms. The van der Waals surface area contributed by atoms with Crippen LogP contribution in [0.3, 0.4) is 0 Å². The molecule has 1 atom stereocenters. The van der Waals surface area contributed by atoms with Gasteiger partial charge in [-0.2, -0.15) is 0 Å². The zero-order chi connectivity index (χ0) is 10.1. The van der Waals surface area contributed by atoms with Crippen LogP contribution in [0.5, 0.6) is 0 Å². The molecule has 5 nitrogen and oxygen atoms in total. The first kappa shape index (κ1) is 8.96. The predicted molar refractivity (Wildman–Crippen MR) is 51.3 cm³/mol. The molecule has 1 aliphatic heterocycles. The van der Waals surface area contributed by atoms with E-state index in [1.54, 1.807) is 6.07 Å². The molecular weight excluding hydrogens is 184 g/mol. The molecule has 0 spiro atoms. The van der Waals surface area contributed by atoms with Crippen molar-refractivity contribution in [2.45, 2.75) is 12.5 Å². The Bertz CT molecular complexity index is 378. The zero-order valence-corrected chi connectivity index (χ0v) is 7.43. The van der Waals surface area contributed by atoms with Crippen LogP contribution in [0, 0.1) is 10.1 Å². The number of para-hydroxylation sites is 1. The summed E-state index contributed by atoms with van der Waals surface area (Å²) >= 11 is 0. The van der Waals surface area contributed by atoms with Gasteiger partial charge in [-0.15, -0.1) is 0 Å². The van der Waals surface area contributed by atoms with Gasteiger partial charge in [-0.25, -0.2) is 0 Å². The van der Waals surface area contributed by atoms with Crippen molar-refractivity contribution in [1.82, 2.24) is 0 Å². The summed E-state index contributed by atoms with van der Waals surface area (Å²) in [5, 5.41) is 22.5. The predicted octanol–water partition coefficient (Wildman–Crippen LogP) is 0.924. The summed E-state index contributed by atoms with van der Waals surface area (Å²) in [4.78, 5) is 10.2. The molecule has 0 saturated carbocycles. The van der Waals surface area contributed by atoms with E-state index in [-0.39, 0.29) is 18.3 Å². The van der Waals surface area contributed by atoms with Gasteiger partial charge in [-0.3, -0.25) is 10.1 Å². The number of anilines is 1. The van der Waals surface area contributed by atoms with Gasteiger partial charge < -0.3 is 10.4 Å². The molecular formula is C9H10N2O3. The van der Waals surface area contributed by atoms with Crippen LogP contribution in [0.25, 0.3) is 0 Å². The molecule has 74 valence electrons. The van der Waals surface area contributed by atoms with Crippen molar-refractivity contribution in [3.8, 4) is 0 Å². The van der Waals surface area contributed by atoms with Crippen molar-refractivity contribution in [3.63, 3.8) is 0 Å². The maximum absolute atomic E-state index is 10.7. The summed E-state index contributed by atoms with van der Waals surface area (Å²) in [6, 6.07) is 4.88. The van der Waals surface area contributed by atoms with E-state index in [2.05, 4.69) is 5.32 Å². The summed E-state index contributed by atoms with van der Waals surface area (Å²) in [5.41, 5.74) is 1.54. The highest BCUT2D eigenvalue weighted by atomic mass is 16.6. The second kappa shape index (κ2) is 3.26. The number of rotatable bonds is 2. The van der Waals surface area contributed by atoms with E-state index in [1.807, 2.05) is 6.07 Å². The van der Waals surface area contributed by atoms with Crippen molar-refractivity contribution < 1.29 is 10.0 Å². The first-order valence-electron chi connectivity index (χ1n) is 4.36. The average Bonchev–Trinajstić information content (AvgIpc) is 2.59. The Morgan fingerprint density at radius 3 is 3.07 bits per heavy atom. The van der Waals surface area contributed by atoms with Crippen LogP contribution in [-0.2, 0) is 6.42 Å². The van der Waals surface area contributed by atoms with Gasteiger partial charge in [0.2, 0.25) is 0 Å². The lowest BCUT2D eigenvalue weighted by Crippen LogP contribution is -2.19. The summed E-state index contributed by atoms with van der Waals surface area (Å²) in [6.07, 6.45) is 0.646. The SMILES string of the molecule is O=[N+]([O-])c1cccc2c1N[C@@H](CO)C2. The van der Waals surface area contributed by atoms with Crippen LogP contribution in [-0.4, -0.2) is 22.7 Å². The molecule has 5 heteroatoms. The van der Waals surface area contributed by atoms with Crippen molar-refractivity contribution >= 4 is 11.4 Å². The zero-order valence-electron chi connectivity index (χ0n) is 7.43. The molecule has 1 aromatic rings. The summed E-state index contributed by atoms with van der Waals surface area (Å²) in [6.45, 7) is -0.00810. The standard InChI is InChI=1S/C9H10N2O3/c12-5-7-4-6-2-1-3-8(11(13)14)9(6)10-7/h1-3,7,10,12H,4-5H2/t7-/m1/s1. The van der Waals surface area contributed by atoms with Gasteiger partial charge in [0.25, 0.3) is 5.69 Å². The molecule has 0 amide bonds. The lowest BCUT2D eigenvalue weighted by atomic mass is 10.1. The van der Waals surface area contributed by atoms with Crippen molar-refractivity contribution in [1.29, 1.82) is 0 Å². The van der Waals surface area contributed by atoms with Crippen LogP contribution in [0.2, 0.25) is 0 Å². The van der Waals surface area contributed by atoms with Gasteiger partial charge in [0, 0.05) is 6.07 Å². The lowest BCUT2D eigenvalue weighted by Gasteiger charge is -2.05. The molecule has 0 aliphatic carbocycles. The first-order valence-corrected chi connectivity index (χ1v) is 4.36. The third kappa shape index (κ3) is 1.31. The number of fused-ring (bicyclic) bond motifs is 1. The van der Waals surface area contributed by atoms with Gasteiger partial charge in [0.1, 0.15) is 5.69 Å². The van der Waals surface area contributed by atoms with Gasteiger partial charge in [0.05, 0.1) is 17.6 Å². The monoisotopic (exact) mass is 194 g/mol. The van der Waals surface area contributed by atoms with Crippen LogP contribution in [0.1, 0.15) is 5.56 Å². The number of hydrogen-bond donors (Lipinski definition) is 2. The van der Waals surface area contributed by atoms with E-state index in [9.17, 15) is 10.1 Å². The molecule has 14 heavy (non-hydrogen) atoms. The number of hydrogen-bond acceptors (Lipinski definition) is 4. The van der Waals surface area contributed by atoms with E-state index >= 15 is 0 Å². The average molecular weight is 194 g/mol. The molecule has 2 N–H and O–H groups in total. The number of benzene rings is 1. The van der Waals surface area contributed by atoms with Gasteiger partial charge in [0.15, 0.2) is 0 Å². The maximum atomic E-state index is 10.7. The Morgan fingerprint density at radius 2 is 2.43 bits per heavy atom. The highest BCUT2D eigenvalue weighted by Gasteiger charge is 2.26. The van der Waals surface area contributed by atoms with E-state index in [1.165, 1.54) is 6.07 Å². The fourth-order valence-electron chi connectivity index (χ4n) is 1.71. The minimum Gasteiger partial charge on any atom is -0.394 e. The quantitative estimate of drug-likeness (QED) is 0.542. The largest absolute Gasteiger partial charge is 0.394 e. The van der Waals surface area contributed by atoms with Gasteiger partial charge in [-0.1, -0.05) is 12.1 Å². The highest BCUT2D eigenvalue weighted by Crippen LogP contribution is 2.34. The van der Waals surface area contributed by atoms with Crippen molar-refractivity contribution in [2.24, 2.45) is 0 Å². The van der Waals surface area contributed by atoms with Crippen molar-refractivity contribution in [3.05, 3.63) is 33.9 Å². The summed E-state index contributed by atoms with van der Waals surface area (Å²) in [5.74, 6) is 0. The van der Waals surface area contributed by atoms with Crippen LogP contribution >= 0.6 is 0 Å². The smallest absolute Gasteiger partial charge is 0.292 e. The minimum atomic E-state index is -0.411. The number of nitro benzene ring substituents is 1. The molecule has 0 aromatic heterocycles.